The van der Waals surface area contributed by atoms with Gasteiger partial charge in [-0.3, -0.25) is 4.79 Å². The van der Waals surface area contributed by atoms with E-state index in [0.717, 1.165) is 31.7 Å². The van der Waals surface area contributed by atoms with Crippen LogP contribution in [0.15, 0.2) is 42.6 Å². The number of ether oxygens (including phenoxy) is 1. The molecule has 5 nitrogen and oxygen atoms in total. The average molecular weight is 393 g/mol. The van der Waals surface area contributed by atoms with Gasteiger partial charge in [-0.15, -0.1) is 0 Å². The lowest BCUT2D eigenvalue weighted by Gasteiger charge is -2.29. The fourth-order valence-corrected chi connectivity index (χ4v) is 3.08. The lowest BCUT2D eigenvalue weighted by atomic mass is 10.1. The van der Waals surface area contributed by atoms with Crippen LogP contribution >= 0.6 is 0 Å². The van der Waals surface area contributed by atoms with Crippen LogP contribution in [0.1, 0.15) is 35.2 Å². The first-order chi connectivity index (χ1) is 13.4. The Morgan fingerprint density at radius 3 is 2.50 bits per heavy atom. The van der Waals surface area contributed by atoms with Gasteiger partial charge < -0.3 is 15.0 Å². The summed E-state index contributed by atoms with van der Waals surface area (Å²) in [4.78, 5) is 19.2. The standard InChI is InChI=1S/C20H22F3N3O2/c21-20(22,23)14-28-13-15-6-8-16(9-7-15)19(27)25-17-5-4-10-24-18(17)26-11-2-1-3-12-26/h4-10H,1-3,11-14H2,(H,25,27). The van der Waals surface area contributed by atoms with Crippen LogP contribution in [0, 0.1) is 0 Å². The Kier molecular flexibility index (Phi) is 6.51. The van der Waals surface area contributed by atoms with Crippen molar-refractivity contribution in [2.75, 3.05) is 29.9 Å². The van der Waals surface area contributed by atoms with E-state index in [4.69, 9.17) is 0 Å². The largest absolute Gasteiger partial charge is 0.411 e. The SMILES string of the molecule is O=C(Nc1cccnc1N1CCCCC1)c1ccc(COCC(F)(F)F)cc1. The highest BCUT2D eigenvalue weighted by Crippen LogP contribution is 2.26. The topological polar surface area (TPSA) is 54.5 Å². The Balaban J connectivity index is 1.62. The summed E-state index contributed by atoms with van der Waals surface area (Å²) in [5.74, 6) is 0.460. The number of piperidine rings is 1. The second kappa shape index (κ2) is 9.05. The van der Waals surface area contributed by atoms with E-state index < -0.39 is 12.8 Å². The van der Waals surface area contributed by atoms with E-state index in [1.807, 2.05) is 6.07 Å². The van der Waals surface area contributed by atoms with Crippen LogP contribution < -0.4 is 10.2 Å². The predicted octanol–water partition coefficient (Wildman–Crippen LogP) is 4.40. The van der Waals surface area contributed by atoms with Crippen LogP contribution in [-0.2, 0) is 11.3 Å². The third-order valence-corrected chi connectivity index (χ3v) is 4.44. The van der Waals surface area contributed by atoms with Crippen LogP contribution in [0.4, 0.5) is 24.7 Å². The molecule has 0 bridgehead atoms. The highest BCUT2D eigenvalue weighted by Gasteiger charge is 2.27. The summed E-state index contributed by atoms with van der Waals surface area (Å²) >= 11 is 0. The highest BCUT2D eigenvalue weighted by atomic mass is 19.4. The van der Waals surface area contributed by atoms with Crippen LogP contribution in [0.2, 0.25) is 0 Å². The van der Waals surface area contributed by atoms with Crippen molar-refractivity contribution in [3.63, 3.8) is 0 Å². The Labute approximate surface area is 161 Å². The zero-order valence-electron chi connectivity index (χ0n) is 15.3. The number of benzene rings is 1. The Morgan fingerprint density at radius 2 is 1.82 bits per heavy atom. The van der Waals surface area contributed by atoms with Gasteiger partial charge >= 0.3 is 6.18 Å². The molecule has 1 aliphatic rings. The van der Waals surface area contributed by atoms with Crippen molar-refractivity contribution in [2.45, 2.75) is 32.0 Å². The van der Waals surface area contributed by atoms with Crippen LogP contribution in [0.3, 0.4) is 0 Å². The van der Waals surface area contributed by atoms with Gasteiger partial charge in [0.05, 0.1) is 12.3 Å². The summed E-state index contributed by atoms with van der Waals surface area (Å²) < 4.78 is 41.0. The maximum Gasteiger partial charge on any atom is 0.411 e. The minimum Gasteiger partial charge on any atom is -0.367 e. The monoisotopic (exact) mass is 393 g/mol. The molecule has 1 aromatic carbocycles. The summed E-state index contributed by atoms with van der Waals surface area (Å²) in [6.45, 7) is 0.359. The number of nitrogens with zero attached hydrogens (tertiary/aromatic N) is 2. The Bertz CT molecular complexity index is 788. The first kappa shape index (κ1) is 20.1. The van der Waals surface area contributed by atoms with Crippen LogP contribution in [0.25, 0.3) is 0 Å². The molecule has 0 saturated carbocycles. The lowest BCUT2D eigenvalue weighted by Crippen LogP contribution is -2.31. The van der Waals surface area contributed by atoms with E-state index in [1.165, 1.54) is 6.42 Å². The van der Waals surface area contributed by atoms with Crippen molar-refractivity contribution >= 4 is 17.4 Å². The number of aromatic nitrogens is 1. The van der Waals surface area contributed by atoms with E-state index in [1.54, 1.807) is 36.5 Å². The summed E-state index contributed by atoms with van der Waals surface area (Å²) in [5, 5.41) is 2.88. The number of carbonyl (C=O) groups excluding carboxylic acids is 1. The van der Waals surface area contributed by atoms with Crippen molar-refractivity contribution in [3.05, 3.63) is 53.7 Å². The molecule has 0 atom stereocenters. The Morgan fingerprint density at radius 1 is 1.11 bits per heavy atom. The number of alkyl halides is 3. The van der Waals surface area contributed by atoms with Gasteiger partial charge in [0.1, 0.15) is 6.61 Å². The normalized spacial score (nSPS) is 14.8. The first-order valence-corrected chi connectivity index (χ1v) is 9.17. The second-order valence-electron chi connectivity index (χ2n) is 6.68. The van der Waals surface area contributed by atoms with Gasteiger partial charge in [0, 0.05) is 24.8 Å². The molecule has 8 heteroatoms. The number of anilines is 2. The first-order valence-electron chi connectivity index (χ1n) is 9.17. The molecule has 0 unspecified atom stereocenters. The van der Waals surface area contributed by atoms with Crippen LogP contribution in [0.5, 0.6) is 0 Å². The van der Waals surface area contributed by atoms with Gasteiger partial charge in [0.2, 0.25) is 0 Å². The van der Waals surface area contributed by atoms with E-state index in [-0.39, 0.29) is 12.5 Å². The molecule has 3 rings (SSSR count). The molecule has 1 fully saturated rings. The van der Waals surface area contributed by atoms with Crippen molar-refractivity contribution in [2.24, 2.45) is 0 Å². The molecule has 1 N–H and O–H groups in total. The molecule has 0 aliphatic carbocycles. The van der Waals surface area contributed by atoms with Gasteiger partial charge in [-0.25, -0.2) is 4.98 Å². The van der Waals surface area contributed by atoms with E-state index in [9.17, 15) is 18.0 Å². The number of pyridine rings is 1. The number of nitrogens with one attached hydrogen (secondary N) is 1. The molecule has 28 heavy (non-hydrogen) atoms. The molecule has 0 spiro atoms. The molecule has 1 aromatic heterocycles. The summed E-state index contributed by atoms with van der Waals surface area (Å²) in [6, 6.07) is 9.88. The molecule has 1 saturated heterocycles. The molecule has 1 aliphatic heterocycles. The zero-order chi connectivity index (χ0) is 20.0. The van der Waals surface area contributed by atoms with Gasteiger partial charge in [0.15, 0.2) is 5.82 Å². The smallest absolute Gasteiger partial charge is 0.367 e. The predicted molar refractivity (Wildman–Crippen MR) is 100 cm³/mol. The summed E-state index contributed by atoms with van der Waals surface area (Å²) in [7, 11) is 0. The Hall–Kier alpha value is -2.61. The van der Waals surface area contributed by atoms with Crippen LogP contribution in [-0.4, -0.2) is 36.8 Å². The second-order valence-corrected chi connectivity index (χ2v) is 6.68. The molecule has 1 amide bonds. The van der Waals surface area contributed by atoms with E-state index in [2.05, 4.69) is 19.9 Å². The van der Waals surface area contributed by atoms with Crippen molar-refractivity contribution in [3.8, 4) is 0 Å². The van der Waals surface area contributed by atoms with E-state index >= 15 is 0 Å². The van der Waals surface area contributed by atoms with Gasteiger partial charge in [-0.2, -0.15) is 13.2 Å². The number of halogens is 3. The van der Waals surface area contributed by atoms with Crippen molar-refractivity contribution in [1.82, 2.24) is 4.98 Å². The number of rotatable bonds is 6. The number of amides is 1. The quantitative estimate of drug-likeness (QED) is 0.790. The maximum atomic E-state index is 12.6. The zero-order valence-corrected chi connectivity index (χ0v) is 15.3. The van der Waals surface area contributed by atoms with Gasteiger partial charge in [-0.1, -0.05) is 12.1 Å². The minimum absolute atomic E-state index is 0.164. The maximum absolute atomic E-state index is 12.6. The highest BCUT2D eigenvalue weighted by molar-refractivity contribution is 6.05. The van der Waals surface area contributed by atoms with Crippen molar-refractivity contribution in [1.29, 1.82) is 0 Å². The van der Waals surface area contributed by atoms with E-state index in [0.29, 0.717) is 16.8 Å². The third kappa shape index (κ3) is 5.69. The summed E-state index contributed by atoms with van der Waals surface area (Å²) in [6.07, 6.45) is 0.749. The fraction of sp³-hybridized carbons (Fsp3) is 0.400. The van der Waals surface area contributed by atoms with Gasteiger partial charge in [-0.05, 0) is 49.1 Å². The van der Waals surface area contributed by atoms with Crippen molar-refractivity contribution < 1.29 is 22.7 Å². The third-order valence-electron chi connectivity index (χ3n) is 4.44. The molecule has 2 aromatic rings. The number of hydrogen-bond donors (Lipinski definition) is 1. The molecule has 150 valence electrons. The fourth-order valence-electron chi connectivity index (χ4n) is 3.08. The lowest BCUT2D eigenvalue weighted by molar-refractivity contribution is -0.176. The molecule has 0 radical (unpaired) electrons. The molecule has 2 heterocycles. The minimum atomic E-state index is -4.35. The van der Waals surface area contributed by atoms with Gasteiger partial charge in [0.25, 0.3) is 5.91 Å². The molecular formula is C20H22F3N3O2. The average Bonchev–Trinajstić information content (AvgIpc) is 2.68. The number of carbonyl (C=O) groups is 1. The number of hydrogen-bond acceptors (Lipinski definition) is 4. The summed E-state index contributed by atoms with van der Waals surface area (Å²) in [5.41, 5.74) is 1.62. The molecular weight excluding hydrogens is 371 g/mol.